The molecule has 0 unspecified atom stereocenters. The number of hydrogen-bond donors (Lipinski definition) is 0. The Morgan fingerprint density at radius 1 is 1.25 bits per heavy atom. The first-order valence-electron chi connectivity index (χ1n) is 8.15. The van der Waals surface area contributed by atoms with Crippen LogP contribution in [0, 0.1) is 10.1 Å². The third-order valence-corrected chi connectivity index (χ3v) is 5.47. The van der Waals surface area contributed by atoms with E-state index in [4.69, 9.17) is 21.7 Å². The van der Waals surface area contributed by atoms with E-state index in [1.807, 2.05) is 0 Å². The number of methoxy groups -OCH3 is 1. The summed E-state index contributed by atoms with van der Waals surface area (Å²) in [6.07, 6.45) is 1.75. The van der Waals surface area contributed by atoms with Gasteiger partial charge < -0.3 is 9.47 Å². The van der Waals surface area contributed by atoms with Gasteiger partial charge in [0.2, 0.25) is 0 Å². The molecule has 0 radical (unpaired) electrons. The van der Waals surface area contributed by atoms with Gasteiger partial charge in [-0.3, -0.25) is 19.8 Å². The van der Waals surface area contributed by atoms with Crippen molar-refractivity contribution in [3.05, 3.63) is 68.6 Å². The molecule has 2 aromatic carbocycles. The Bertz CT molecular complexity index is 990. The quantitative estimate of drug-likeness (QED) is 0.304. The largest absolute Gasteiger partial charge is 0.493 e. The van der Waals surface area contributed by atoms with E-state index in [-0.39, 0.29) is 18.2 Å². The monoisotopic (exact) mass is 416 g/mol. The Balaban J connectivity index is 1.77. The molecule has 3 rings (SSSR count). The summed E-state index contributed by atoms with van der Waals surface area (Å²) in [7, 11) is 3.16. The first-order valence-corrected chi connectivity index (χ1v) is 9.37. The van der Waals surface area contributed by atoms with Crippen LogP contribution in [-0.2, 0) is 11.4 Å². The Hall–Kier alpha value is -2.91. The van der Waals surface area contributed by atoms with Crippen LogP contribution in [0.25, 0.3) is 6.08 Å². The number of hydrogen-bond acceptors (Lipinski definition) is 7. The molecule has 0 aromatic heterocycles. The zero-order valence-electron chi connectivity index (χ0n) is 15.1. The molecule has 0 saturated carbocycles. The molecule has 1 heterocycles. The molecule has 7 nitrogen and oxygen atoms in total. The maximum atomic E-state index is 12.1. The summed E-state index contributed by atoms with van der Waals surface area (Å²) in [5, 5.41) is 10.9. The van der Waals surface area contributed by atoms with Gasteiger partial charge >= 0.3 is 0 Å². The number of likely N-dealkylation sites (N-methyl/N-ethyl adjacent to an activating group) is 1. The third-order valence-electron chi connectivity index (χ3n) is 3.99. The second kappa shape index (κ2) is 8.41. The van der Waals surface area contributed by atoms with E-state index in [0.717, 1.165) is 5.56 Å². The number of nitrogens with zero attached hydrogens (tertiary/aromatic N) is 2. The number of rotatable bonds is 6. The summed E-state index contributed by atoms with van der Waals surface area (Å²) >= 11 is 6.38. The Morgan fingerprint density at radius 2 is 2.04 bits per heavy atom. The van der Waals surface area contributed by atoms with Crippen LogP contribution in [0.2, 0.25) is 0 Å². The van der Waals surface area contributed by atoms with E-state index in [9.17, 15) is 14.9 Å². The number of amides is 1. The van der Waals surface area contributed by atoms with Gasteiger partial charge in [-0.05, 0) is 29.3 Å². The molecule has 1 amide bonds. The molecule has 9 heteroatoms. The normalized spacial score (nSPS) is 15.2. The highest BCUT2D eigenvalue weighted by molar-refractivity contribution is 8.26. The van der Waals surface area contributed by atoms with E-state index in [2.05, 4.69) is 0 Å². The molecule has 1 fully saturated rings. The van der Waals surface area contributed by atoms with Crippen LogP contribution in [0.15, 0.2) is 47.4 Å². The van der Waals surface area contributed by atoms with Gasteiger partial charge in [0.05, 0.1) is 16.9 Å². The fraction of sp³-hybridized carbons (Fsp3) is 0.158. The molecule has 2 aromatic rings. The van der Waals surface area contributed by atoms with Crippen molar-refractivity contribution in [2.75, 3.05) is 14.2 Å². The maximum Gasteiger partial charge on any atom is 0.269 e. The zero-order valence-corrected chi connectivity index (χ0v) is 16.7. The van der Waals surface area contributed by atoms with E-state index in [1.54, 1.807) is 43.5 Å². The molecular formula is C19H16N2O5S2. The SMILES string of the molecule is COc1cc(/C=C2/SC(=S)N(C)C2=O)ccc1OCc1cccc([N+](=O)[O-])c1. The maximum absolute atomic E-state index is 12.1. The van der Waals surface area contributed by atoms with Crippen LogP contribution in [0.4, 0.5) is 5.69 Å². The van der Waals surface area contributed by atoms with Gasteiger partial charge in [-0.15, -0.1) is 0 Å². The van der Waals surface area contributed by atoms with Crippen molar-refractivity contribution in [3.63, 3.8) is 0 Å². The minimum atomic E-state index is -0.447. The average Bonchev–Trinajstić information content (AvgIpc) is 2.93. The van der Waals surface area contributed by atoms with Crippen molar-refractivity contribution >= 4 is 46.0 Å². The second-order valence-corrected chi connectivity index (χ2v) is 7.54. The number of non-ortho nitro benzene ring substituents is 1. The summed E-state index contributed by atoms with van der Waals surface area (Å²) in [5.74, 6) is 0.848. The first-order chi connectivity index (χ1) is 13.4. The fourth-order valence-corrected chi connectivity index (χ4v) is 3.69. The minimum absolute atomic E-state index is 0.0108. The number of benzene rings is 2. The van der Waals surface area contributed by atoms with Crippen molar-refractivity contribution in [2.45, 2.75) is 6.61 Å². The Kier molecular flexibility index (Phi) is 5.96. The lowest BCUT2D eigenvalue weighted by molar-refractivity contribution is -0.384. The lowest BCUT2D eigenvalue weighted by atomic mass is 10.1. The summed E-state index contributed by atoms with van der Waals surface area (Å²) in [5.41, 5.74) is 1.46. The zero-order chi connectivity index (χ0) is 20.3. The lowest BCUT2D eigenvalue weighted by Gasteiger charge is -2.11. The van der Waals surface area contributed by atoms with Crippen LogP contribution < -0.4 is 9.47 Å². The summed E-state index contributed by atoms with van der Waals surface area (Å²) in [6.45, 7) is 0.159. The smallest absolute Gasteiger partial charge is 0.269 e. The van der Waals surface area contributed by atoms with Gasteiger partial charge in [0.25, 0.3) is 11.6 Å². The topological polar surface area (TPSA) is 81.9 Å². The average molecular weight is 416 g/mol. The number of thioether (sulfide) groups is 1. The summed E-state index contributed by atoms with van der Waals surface area (Å²) in [4.78, 5) is 24.5. The summed E-state index contributed by atoms with van der Waals surface area (Å²) < 4.78 is 11.7. The lowest BCUT2D eigenvalue weighted by Crippen LogP contribution is -2.22. The fourth-order valence-electron chi connectivity index (χ4n) is 2.51. The molecule has 0 atom stereocenters. The van der Waals surface area contributed by atoms with Crippen LogP contribution in [-0.4, -0.2) is 34.2 Å². The van der Waals surface area contributed by atoms with Crippen LogP contribution in [0.1, 0.15) is 11.1 Å². The van der Waals surface area contributed by atoms with Gasteiger partial charge in [-0.1, -0.05) is 42.2 Å². The van der Waals surface area contributed by atoms with Gasteiger partial charge in [0, 0.05) is 19.2 Å². The van der Waals surface area contributed by atoms with Crippen molar-refractivity contribution < 1.29 is 19.2 Å². The Labute approximate surface area is 171 Å². The first kappa shape index (κ1) is 19.8. The van der Waals surface area contributed by atoms with E-state index in [0.29, 0.717) is 26.3 Å². The predicted octanol–water partition coefficient (Wildman–Crippen LogP) is 4.01. The molecule has 28 heavy (non-hydrogen) atoms. The van der Waals surface area contributed by atoms with Crippen molar-refractivity contribution in [2.24, 2.45) is 0 Å². The molecule has 0 N–H and O–H groups in total. The molecule has 1 aliphatic rings. The van der Waals surface area contributed by atoms with E-state index >= 15 is 0 Å². The minimum Gasteiger partial charge on any atom is -0.493 e. The number of nitro groups is 1. The molecule has 144 valence electrons. The number of nitro benzene ring substituents is 1. The highest BCUT2D eigenvalue weighted by atomic mass is 32.2. The second-order valence-electron chi connectivity index (χ2n) is 5.87. The summed E-state index contributed by atoms with van der Waals surface area (Å²) in [6, 6.07) is 11.5. The number of carbonyl (C=O) groups is 1. The van der Waals surface area contributed by atoms with Gasteiger partial charge in [-0.25, -0.2) is 0 Å². The number of ether oxygens (including phenoxy) is 2. The van der Waals surface area contributed by atoms with Gasteiger partial charge in [0.1, 0.15) is 10.9 Å². The third kappa shape index (κ3) is 4.32. The highest BCUT2D eigenvalue weighted by Crippen LogP contribution is 2.34. The molecule has 0 aliphatic carbocycles. The standard InChI is InChI=1S/C19H16N2O5S2/c1-20-18(22)17(28-19(20)27)10-12-6-7-15(16(9-12)25-2)26-11-13-4-3-5-14(8-13)21(23)24/h3-10H,11H2,1-2H3/b17-10+. The van der Waals surface area contributed by atoms with Crippen molar-refractivity contribution in [3.8, 4) is 11.5 Å². The van der Waals surface area contributed by atoms with Crippen molar-refractivity contribution in [1.29, 1.82) is 0 Å². The molecule has 1 aliphatic heterocycles. The van der Waals surface area contributed by atoms with Crippen LogP contribution >= 0.6 is 24.0 Å². The van der Waals surface area contributed by atoms with E-state index < -0.39 is 4.92 Å². The van der Waals surface area contributed by atoms with Crippen molar-refractivity contribution in [1.82, 2.24) is 4.90 Å². The molecule has 0 bridgehead atoms. The Morgan fingerprint density at radius 3 is 2.68 bits per heavy atom. The molecule has 0 spiro atoms. The predicted molar refractivity (Wildman–Crippen MR) is 111 cm³/mol. The molecular weight excluding hydrogens is 400 g/mol. The van der Waals surface area contributed by atoms with Gasteiger partial charge in [-0.2, -0.15) is 0 Å². The van der Waals surface area contributed by atoms with Gasteiger partial charge in [0.15, 0.2) is 11.5 Å². The van der Waals surface area contributed by atoms with Crippen LogP contribution in [0.5, 0.6) is 11.5 Å². The van der Waals surface area contributed by atoms with E-state index in [1.165, 1.54) is 35.9 Å². The molecule has 1 saturated heterocycles. The van der Waals surface area contributed by atoms with Crippen LogP contribution in [0.3, 0.4) is 0 Å². The number of carbonyl (C=O) groups excluding carboxylic acids is 1. The highest BCUT2D eigenvalue weighted by Gasteiger charge is 2.28. The number of thiocarbonyl (C=S) groups is 1.